The van der Waals surface area contributed by atoms with E-state index in [0.29, 0.717) is 0 Å². The quantitative estimate of drug-likeness (QED) is 0.554. The maximum atomic E-state index is 11.2. The number of ether oxygens (including phenoxy) is 1. The number of pyridine rings is 1. The molecule has 0 atom stereocenters. The van der Waals surface area contributed by atoms with Crippen molar-refractivity contribution in [2.75, 3.05) is 18.0 Å². The first-order chi connectivity index (χ1) is 8.72. The highest BCUT2D eigenvalue weighted by Gasteiger charge is 2.24. The van der Waals surface area contributed by atoms with Crippen LogP contribution in [0.25, 0.3) is 10.9 Å². The van der Waals surface area contributed by atoms with Crippen LogP contribution in [0, 0.1) is 0 Å². The van der Waals surface area contributed by atoms with E-state index >= 15 is 0 Å². The number of morpholine rings is 1. The highest BCUT2D eigenvalue weighted by molar-refractivity contribution is 5.95. The van der Waals surface area contributed by atoms with E-state index in [1.54, 1.807) is 11.1 Å². The van der Waals surface area contributed by atoms with Crippen LogP contribution in [0.5, 0.6) is 0 Å². The number of carbonyl (C=O) groups excluding carboxylic acids is 2. The lowest BCUT2D eigenvalue weighted by Gasteiger charge is -2.26. The minimum Gasteiger partial charge on any atom is -0.390 e. The Hall–Kier alpha value is -2.43. The summed E-state index contributed by atoms with van der Waals surface area (Å²) in [5.41, 5.74) is 1.70. The molecule has 1 fully saturated rings. The molecule has 1 aromatic heterocycles. The third kappa shape index (κ3) is 1.90. The number of rotatable bonds is 1. The van der Waals surface area contributed by atoms with Gasteiger partial charge < -0.3 is 9.64 Å². The molecule has 0 saturated carbocycles. The van der Waals surface area contributed by atoms with E-state index in [0.717, 1.165) is 16.6 Å². The first-order valence-electron chi connectivity index (χ1n) is 5.55. The van der Waals surface area contributed by atoms with Crippen LogP contribution < -0.4 is 4.90 Å². The molecule has 0 amide bonds. The molecule has 90 valence electrons. The lowest BCUT2D eigenvalue weighted by atomic mass is 10.2. The van der Waals surface area contributed by atoms with Crippen LogP contribution in [0.15, 0.2) is 36.5 Å². The van der Waals surface area contributed by atoms with Crippen LogP contribution in [0.4, 0.5) is 5.69 Å². The molecule has 0 spiro atoms. The molecule has 5 heteroatoms. The summed E-state index contributed by atoms with van der Waals surface area (Å²) in [7, 11) is 0. The van der Waals surface area contributed by atoms with E-state index in [1.165, 1.54) is 0 Å². The van der Waals surface area contributed by atoms with Crippen LogP contribution in [-0.4, -0.2) is 30.0 Å². The lowest BCUT2D eigenvalue weighted by Crippen LogP contribution is -2.42. The normalized spacial score (nSPS) is 15.9. The SMILES string of the molecule is O=C1CN(c2ccc3ncccc3c2)CC(=O)O1. The van der Waals surface area contributed by atoms with Crippen LogP contribution in [-0.2, 0) is 14.3 Å². The van der Waals surface area contributed by atoms with Crippen molar-refractivity contribution in [2.45, 2.75) is 0 Å². The summed E-state index contributed by atoms with van der Waals surface area (Å²) in [4.78, 5) is 28.4. The number of hydrogen-bond acceptors (Lipinski definition) is 5. The van der Waals surface area contributed by atoms with E-state index in [1.807, 2.05) is 30.3 Å². The molecular weight excluding hydrogens is 232 g/mol. The van der Waals surface area contributed by atoms with E-state index < -0.39 is 11.9 Å². The molecule has 2 heterocycles. The van der Waals surface area contributed by atoms with Crippen molar-refractivity contribution in [2.24, 2.45) is 0 Å². The number of anilines is 1. The molecule has 1 aromatic carbocycles. The Morgan fingerprint density at radius 1 is 1.11 bits per heavy atom. The van der Waals surface area contributed by atoms with Gasteiger partial charge in [0.05, 0.1) is 5.52 Å². The number of hydrogen-bond donors (Lipinski definition) is 0. The van der Waals surface area contributed by atoms with Crippen molar-refractivity contribution in [3.8, 4) is 0 Å². The third-order valence-corrected chi connectivity index (χ3v) is 2.82. The molecule has 1 saturated heterocycles. The Morgan fingerprint density at radius 3 is 2.67 bits per heavy atom. The van der Waals surface area contributed by atoms with Gasteiger partial charge in [-0.25, -0.2) is 9.59 Å². The maximum absolute atomic E-state index is 11.2. The summed E-state index contributed by atoms with van der Waals surface area (Å²) < 4.78 is 4.49. The Kier molecular flexibility index (Phi) is 2.44. The van der Waals surface area contributed by atoms with E-state index in [-0.39, 0.29) is 13.1 Å². The fraction of sp³-hybridized carbons (Fsp3) is 0.154. The molecule has 3 rings (SSSR count). The van der Waals surface area contributed by atoms with Gasteiger partial charge in [-0.15, -0.1) is 0 Å². The number of nitrogens with zero attached hydrogens (tertiary/aromatic N) is 2. The molecular formula is C13H10N2O3. The maximum Gasteiger partial charge on any atom is 0.333 e. The predicted molar refractivity (Wildman–Crippen MR) is 65.1 cm³/mol. The summed E-state index contributed by atoms with van der Waals surface area (Å²) in [6.45, 7) is 0.190. The Morgan fingerprint density at radius 2 is 1.89 bits per heavy atom. The standard InChI is InChI=1S/C13H10N2O3/c16-12-7-15(8-13(17)18-12)10-3-4-11-9(6-10)2-1-5-14-11/h1-6H,7-8H2. The van der Waals surface area contributed by atoms with E-state index in [4.69, 9.17) is 0 Å². The van der Waals surface area contributed by atoms with Crippen molar-refractivity contribution in [3.05, 3.63) is 36.5 Å². The van der Waals surface area contributed by atoms with Crippen molar-refractivity contribution in [3.63, 3.8) is 0 Å². The lowest BCUT2D eigenvalue weighted by molar-refractivity contribution is -0.160. The second-order valence-corrected chi connectivity index (χ2v) is 4.08. The van der Waals surface area contributed by atoms with Crippen LogP contribution in [0.1, 0.15) is 0 Å². The highest BCUT2D eigenvalue weighted by atomic mass is 16.6. The number of aromatic nitrogens is 1. The molecule has 1 aliphatic rings. The molecule has 1 aliphatic heterocycles. The first kappa shape index (κ1) is 10.7. The molecule has 18 heavy (non-hydrogen) atoms. The fourth-order valence-corrected chi connectivity index (χ4v) is 2.00. The van der Waals surface area contributed by atoms with Crippen molar-refractivity contribution >= 4 is 28.5 Å². The van der Waals surface area contributed by atoms with E-state index in [9.17, 15) is 9.59 Å². The van der Waals surface area contributed by atoms with Crippen molar-refractivity contribution in [1.82, 2.24) is 4.98 Å². The molecule has 2 aromatic rings. The van der Waals surface area contributed by atoms with Gasteiger partial charge in [0.1, 0.15) is 13.1 Å². The summed E-state index contributed by atoms with van der Waals surface area (Å²) in [5.74, 6) is -1.03. The molecule has 0 radical (unpaired) electrons. The topological polar surface area (TPSA) is 59.5 Å². The van der Waals surface area contributed by atoms with Crippen LogP contribution in [0.3, 0.4) is 0 Å². The fourth-order valence-electron chi connectivity index (χ4n) is 2.00. The van der Waals surface area contributed by atoms with Gasteiger partial charge in [0.15, 0.2) is 0 Å². The van der Waals surface area contributed by atoms with Gasteiger partial charge in [-0.3, -0.25) is 4.98 Å². The number of benzene rings is 1. The minimum absolute atomic E-state index is 0.0948. The Bertz CT molecular complexity index is 623. The predicted octanol–water partition coefficient (Wildman–Crippen LogP) is 1.12. The van der Waals surface area contributed by atoms with Gasteiger partial charge >= 0.3 is 11.9 Å². The molecule has 0 aliphatic carbocycles. The average molecular weight is 242 g/mol. The number of carbonyl (C=O) groups is 2. The zero-order chi connectivity index (χ0) is 12.5. The number of fused-ring (bicyclic) bond motifs is 1. The summed E-state index contributed by atoms with van der Waals surface area (Å²) >= 11 is 0. The highest BCUT2D eigenvalue weighted by Crippen LogP contribution is 2.21. The van der Waals surface area contributed by atoms with Gasteiger partial charge in [-0.1, -0.05) is 6.07 Å². The summed E-state index contributed by atoms with van der Waals surface area (Å²) in [6.07, 6.45) is 1.73. The average Bonchev–Trinajstić information content (AvgIpc) is 2.37. The second-order valence-electron chi connectivity index (χ2n) is 4.08. The zero-order valence-corrected chi connectivity index (χ0v) is 9.50. The smallest absolute Gasteiger partial charge is 0.333 e. The Balaban J connectivity index is 1.98. The number of cyclic esters (lactones) is 2. The van der Waals surface area contributed by atoms with Gasteiger partial charge in [0.2, 0.25) is 0 Å². The summed E-state index contributed by atoms with van der Waals surface area (Å²) in [6, 6.07) is 9.42. The van der Waals surface area contributed by atoms with Gasteiger partial charge in [-0.05, 0) is 24.3 Å². The Labute approximate surface area is 103 Å². The third-order valence-electron chi connectivity index (χ3n) is 2.82. The minimum atomic E-state index is -0.516. The second kappa shape index (κ2) is 4.10. The number of esters is 2. The molecule has 0 unspecified atom stereocenters. The summed E-state index contributed by atoms with van der Waals surface area (Å²) in [5, 5.41) is 0.974. The molecule has 5 nitrogen and oxygen atoms in total. The van der Waals surface area contributed by atoms with Crippen LogP contribution >= 0.6 is 0 Å². The monoisotopic (exact) mass is 242 g/mol. The van der Waals surface area contributed by atoms with E-state index in [2.05, 4.69) is 9.72 Å². The van der Waals surface area contributed by atoms with Crippen LogP contribution in [0.2, 0.25) is 0 Å². The zero-order valence-electron chi connectivity index (χ0n) is 9.50. The molecule has 0 N–H and O–H groups in total. The largest absolute Gasteiger partial charge is 0.390 e. The van der Waals surface area contributed by atoms with Gasteiger partial charge in [-0.2, -0.15) is 0 Å². The van der Waals surface area contributed by atoms with Crippen molar-refractivity contribution in [1.29, 1.82) is 0 Å². The molecule has 0 bridgehead atoms. The van der Waals surface area contributed by atoms with Gasteiger partial charge in [0.25, 0.3) is 0 Å². The van der Waals surface area contributed by atoms with Crippen molar-refractivity contribution < 1.29 is 14.3 Å². The first-order valence-corrected chi connectivity index (χ1v) is 5.55. The van der Waals surface area contributed by atoms with Gasteiger partial charge in [0, 0.05) is 17.3 Å².